The SMILES string of the molecule is CNC(c1cc2c(s1)CCCC2)c1cnccc1C. The molecular formula is C16H20N2S. The number of hydrogen-bond donors (Lipinski definition) is 1. The second-order valence-electron chi connectivity index (χ2n) is 5.26. The number of aromatic nitrogens is 1. The summed E-state index contributed by atoms with van der Waals surface area (Å²) < 4.78 is 0. The van der Waals surface area contributed by atoms with Gasteiger partial charge in [-0.3, -0.25) is 4.98 Å². The van der Waals surface area contributed by atoms with E-state index in [4.69, 9.17) is 0 Å². The van der Waals surface area contributed by atoms with Crippen molar-refractivity contribution in [3.8, 4) is 0 Å². The highest BCUT2D eigenvalue weighted by Crippen LogP contribution is 2.35. The van der Waals surface area contributed by atoms with Crippen molar-refractivity contribution >= 4 is 11.3 Å². The molecule has 2 aromatic rings. The molecule has 0 radical (unpaired) electrons. The minimum absolute atomic E-state index is 0.282. The van der Waals surface area contributed by atoms with Crippen molar-refractivity contribution in [2.75, 3.05) is 7.05 Å². The summed E-state index contributed by atoms with van der Waals surface area (Å²) >= 11 is 1.98. The van der Waals surface area contributed by atoms with Crippen LogP contribution in [0.2, 0.25) is 0 Å². The molecule has 1 aliphatic rings. The molecule has 1 atom stereocenters. The molecule has 3 heteroatoms. The van der Waals surface area contributed by atoms with Crippen molar-refractivity contribution in [1.82, 2.24) is 10.3 Å². The van der Waals surface area contributed by atoms with E-state index in [2.05, 4.69) is 29.4 Å². The van der Waals surface area contributed by atoms with Gasteiger partial charge in [-0.1, -0.05) is 0 Å². The van der Waals surface area contributed by atoms with E-state index in [0.717, 1.165) is 0 Å². The first-order valence-corrected chi connectivity index (χ1v) is 7.80. The lowest BCUT2D eigenvalue weighted by molar-refractivity contribution is 0.688. The maximum Gasteiger partial charge on any atom is 0.0686 e. The second kappa shape index (κ2) is 5.43. The topological polar surface area (TPSA) is 24.9 Å². The van der Waals surface area contributed by atoms with E-state index >= 15 is 0 Å². The van der Waals surface area contributed by atoms with Gasteiger partial charge in [0.05, 0.1) is 6.04 Å². The molecule has 0 saturated heterocycles. The van der Waals surface area contributed by atoms with Crippen LogP contribution in [0.3, 0.4) is 0 Å². The number of fused-ring (bicyclic) bond motifs is 1. The van der Waals surface area contributed by atoms with Crippen LogP contribution in [0.15, 0.2) is 24.5 Å². The van der Waals surface area contributed by atoms with Crippen LogP contribution in [-0.2, 0) is 12.8 Å². The van der Waals surface area contributed by atoms with Gasteiger partial charge in [-0.2, -0.15) is 0 Å². The number of aryl methyl sites for hydroxylation is 3. The van der Waals surface area contributed by atoms with Gasteiger partial charge in [-0.15, -0.1) is 11.3 Å². The molecule has 0 bridgehead atoms. The summed E-state index contributed by atoms with van der Waals surface area (Å²) in [5, 5.41) is 3.46. The lowest BCUT2D eigenvalue weighted by atomic mass is 9.97. The molecule has 3 rings (SSSR count). The van der Waals surface area contributed by atoms with Crippen LogP contribution in [0.5, 0.6) is 0 Å². The van der Waals surface area contributed by atoms with E-state index in [0.29, 0.717) is 0 Å². The minimum atomic E-state index is 0.282. The van der Waals surface area contributed by atoms with Crippen molar-refractivity contribution in [2.45, 2.75) is 38.6 Å². The Morgan fingerprint density at radius 3 is 2.89 bits per heavy atom. The predicted octanol–water partition coefficient (Wildman–Crippen LogP) is 3.64. The van der Waals surface area contributed by atoms with Crippen molar-refractivity contribution in [3.63, 3.8) is 0 Å². The third-order valence-corrected chi connectivity index (χ3v) is 5.28. The summed E-state index contributed by atoms with van der Waals surface area (Å²) in [5.74, 6) is 0. The lowest BCUT2D eigenvalue weighted by Crippen LogP contribution is -2.17. The Bertz CT molecular complexity index is 550. The predicted molar refractivity (Wildman–Crippen MR) is 80.8 cm³/mol. The molecule has 0 saturated carbocycles. The monoisotopic (exact) mass is 272 g/mol. The third kappa shape index (κ3) is 2.45. The molecule has 1 aliphatic carbocycles. The van der Waals surface area contributed by atoms with E-state index in [9.17, 15) is 0 Å². The number of hydrogen-bond acceptors (Lipinski definition) is 3. The molecule has 0 amide bonds. The molecule has 19 heavy (non-hydrogen) atoms. The zero-order chi connectivity index (χ0) is 13.2. The third-order valence-electron chi connectivity index (χ3n) is 3.98. The number of nitrogens with one attached hydrogen (secondary N) is 1. The van der Waals surface area contributed by atoms with Crippen LogP contribution in [0, 0.1) is 6.92 Å². The fraction of sp³-hybridized carbons (Fsp3) is 0.438. The molecular weight excluding hydrogens is 252 g/mol. The highest BCUT2D eigenvalue weighted by Gasteiger charge is 2.20. The van der Waals surface area contributed by atoms with Gasteiger partial charge in [0.25, 0.3) is 0 Å². The van der Waals surface area contributed by atoms with Gasteiger partial charge in [-0.05, 0) is 68.5 Å². The summed E-state index contributed by atoms with van der Waals surface area (Å²) in [6.07, 6.45) is 9.08. The maximum absolute atomic E-state index is 4.29. The van der Waals surface area contributed by atoms with Crippen LogP contribution < -0.4 is 5.32 Å². The van der Waals surface area contributed by atoms with Crippen LogP contribution in [0.25, 0.3) is 0 Å². The van der Waals surface area contributed by atoms with Crippen molar-refractivity contribution in [1.29, 1.82) is 0 Å². The molecule has 1 unspecified atom stereocenters. The average Bonchev–Trinajstić information content (AvgIpc) is 2.85. The Morgan fingerprint density at radius 1 is 1.32 bits per heavy atom. The number of pyridine rings is 1. The molecule has 0 fully saturated rings. The van der Waals surface area contributed by atoms with Gasteiger partial charge in [0.15, 0.2) is 0 Å². The van der Waals surface area contributed by atoms with E-state index < -0.39 is 0 Å². The Labute approximate surface area is 118 Å². The van der Waals surface area contributed by atoms with E-state index in [1.54, 1.807) is 10.4 Å². The van der Waals surface area contributed by atoms with Gasteiger partial charge < -0.3 is 5.32 Å². The fourth-order valence-corrected chi connectivity index (χ4v) is 4.27. The zero-order valence-electron chi connectivity index (χ0n) is 11.6. The van der Waals surface area contributed by atoms with Crippen molar-refractivity contribution < 1.29 is 0 Å². The van der Waals surface area contributed by atoms with E-state index in [-0.39, 0.29) is 6.04 Å². The number of nitrogens with zero attached hydrogens (tertiary/aromatic N) is 1. The Kier molecular flexibility index (Phi) is 3.67. The Hall–Kier alpha value is -1.19. The highest BCUT2D eigenvalue weighted by molar-refractivity contribution is 7.12. The fourth-order valence-electron chi connectivity index (χ4n) is 2.89. The van der Waals surface area contributed by atoms with Gasteiger partial charge in [0, 0.05) is 22.1 Å². The second-order valence-corrected chi connectivity index (χ2v) is 6.43. The van der Waals surface area contributed by atoms with Crippen molar-refractivity contribution in [3.05, 3.63) is 51.0 Å². The highest BCUT2D eigenvalue weighted by atomic mass is 32.1. The number of rotatable bonds is 3. The molecule has 2 heterocycles. The van der Waals surface area contributed by atoms with Crippen molar-refractivity contribution in [2.24, 2.45) is 0 Å². The first-order chi connectivity index (χ1) is 9.29. The largest absolute Gasteiger partial charge is 0.309 e. The van der Waals surface area contributed by atoms with Gasteiger partial charge in [0.1, 0.15) is 0 Å². The summed E-state index contributed by atoms with van der Waals surface area (Å²) in [5.41, 5.74) is 4.18. The van der Waals surface area contributed by atoms with Gasteiger partial charge >= 0.3 is 0 Å². The molecule has 0 aromatic carbocycles. The minimum Gasteiger partial charge on any atom is -0.309 e. The first kappa shape index (κ1) is 12.8. The smallest absolute Gasteiger partial charge is 0.0686 e. The first-order valence-electron chi connectivity index (χ1n) is 6.99. The average molecular weight is 272 g/mol. The maximum atomic E-state index is 4.29. The molecule has 1 N–H and O–H groups in total. The molecule has 100 valence electrons. The van der Waals surface area contributed by atoms with Gasteiger partial charge in [-0.25, -0.2) is 0 Å². The van der Waals surface area contributed by atoms with Crippen LogP contribution in [0.4, 0.5) is 0 Å². The number of thiophene rings is 1. The quantitative estimate of drug-likeness (QED) is 0.922. The summed E-state index contributed by atoms with van der Waals surface area (Å²) in [6.45, 7) is 2.16. The molecule has 2 nitrogen and oxygen atoms in total. The van der Waals surface area contributed by atoms with E-state index in [1.165, 1.54) is 41.7 Å². The van der Waals surface area contributed by atoms with E-state index in [1.807, 2.05) is 30.8 Å². The summed E-state index contributed by atoms with van der Waals surface area (Å²) in [6, 6.07) is 4.78. The zero-order valence-corrected chi connectivity index (χ0v) is 12.4. The Balaban J connectivity index is 1.98. The molecule has 0 spiro atoms. The van der Waals surface area contributed by atoms with Crippen LogP contribution in [-0.4, -0.2) is 12.0 Å². The van der Waals surface area contributed by atoms with Crippen LogP contribution >= 0.6 is 11.3 Å². The summed E-state index contributed by atoms with van der Waals surface area (Å²) in [4.78, 5) is 7.32. The summed E-state index contributed by atoms with van der Waals surface area (Å²) in [7, 11) is 2.04. The molecule has 0 aliphatic heterocycles. The normalized spacial score (nSPS) is 16.1. The lowest BCUT2D eigenvalue weighted by Gasteiger charge is -2.16. The molecule has 2 aromatic heterocycles. The Morgan fingerprint density at radius 2 is 2.16 bits per heavy atom. The standard InChI is InChI=1S/C16H20N2S/c1-11-7-8-18-10-13(11)16(17-2)15-9-12-5-3-4-6-14(12)19-15/h7-10,16-17H,3-6H2,1-2H3. The van der Waals surface area contributed by atoms with Gasteiger partial charge in [0.2, 0.25) is 0 Å². The van der Waals surface area contributed by atoms with Crippen LogP contribution in [0.1, 0.15) is 45.3 Å².